The second kappa shape index (κ2) is 8.15. The lowest BCUT2D eigenvalue weighted by Gasteiger charge is -2.03. The number of hydrogen-bond donors (Lipinski definition) is 2. The SMILES string of the molecule is CCCCCCc1c2nc(cc3ccc(cc4nc(cc5ccc1[nH]5)C=C4)[nH]3)C=C2. The van der Waals surface area contributed by atoms with Crippen LogP contribution in [0.3, 0.4) is 0 Å². The van der Waals surface area contributed by atoms with E-state index in [1.807, 2.05) is 6.08 Å². The van der Waals surface area contributed by atoms with Crippen molar-refractivity contribution in [2.24, 2.45) is 0 Å². The van der Waals surface area contributed by atoms with Crippen LogP contribution in [0.2, 0.25) is 0 Å². The molecule has 0 atom stereocenters. The monoisotopic (exact) mass is 394 g/mol. The third kappa shape index (κ3) is 3.99. The average Bonchev–Trinajstić information content (AvgIpc) is 3.52. The van der Waals surface area contributed by atoms with E-state index in [0.29, 0.717) is 0 Å². The van der Waals surface area contributed by atoms with E-state index in [0.717, 1.165) is 51.3 Å². The largest absolute Gasteiger partial charge is 0.355 e. The number of aryl methyl sites for hydroxylation is 1. The summed E-state index contributed by atoms with van der Waals surface area (Å²) in [6.45, 7) is 2.25. The minimum Gasteiger partial charge on any atom is -0.355 e. The molecule has 2 aliphatic heterocycles. The van der Waals surface area contributed by atoms with E-state index in [2.05, 4.69) is 77.6 Å². The summed E-state index contributed by atoms with van der Waals surface area (Å²) in [6.07, 6.45) is 14.3. The molecule has 5 rings (SSSR count). The molecule has 0 saturated heterocycles. The summed E-state index contributed by atoms with van der Waals surface area (Å²) in [5.74, 6) is 0. The van der Waals surface area contributed by atoms with Crippen molar-refractivity contribution in [3.8, 4) is 0 Å². The molecule has 150 valence electrons. The molecule has 0 radical (unpaired) electrons. The molecule has 0 unspecified atom stereocenters. The van der Waals surface area contributed by atoms with Gasteiger partial charge in [0, 0.05) is 27.6 Å². The third-order valence-corrected chi connectivity index (χ3v) is 5.61. The van der Waals surface area contributed by atoms with Crippen molar-refractivity contribution in [3.63, 3.8) is 0 Å². The number of nitrogens with one attached hydrogen (secondary N) is 2. The smallest absolute Gasteiger partial charge is 0.0690 e. The van der Waals surface area contributed by atoms with Gasteiger partial charge in [-0.15, -0.1) is 0 Å². The van der Waals surface area contributed by atoms with Gasteiger partial charge in [0.25, 0.3) is 0 Å². The summed E-state index contributed by atoms with van der Waals surface area (Å²) in [5, 5.41) is 0. The van der Waals surface area contributed by atoms with Gasteiger partial charge < -0.3 is 9.97 Å². The fraction of sp³-hybridized carbons (Fsp3) is 0.231. The molecule has 30 heavy (non-hydrogen) atoms. The number of nitrogens with zero attached hydrogens (tertiary/aromatic N) is 2. The van der Waals surface area contributed by atoms with Gasteiger partial charge in [0.05, 0.1) is 22.8 Å². The Hall–Kier alpha value is -3.40. The highest BCUT2D eigenvalue weighted by Gasteiger charge is 2.08. The average molecular weight is 395 g/mol. The number of hydrogen-bond acceptors (Lipinski definition) is 2. The first-order chi connectivity index (χ1) is 14.8. The molecule has 4 heteroatoms. The van der Waals surface area contributed by atoms with Crippen LogP contribution in [0.4, 0.5) is 0 Å². The van der Waals surface area contributed by atoms with Gasteiger partial charge in [-0.05, 0) is 79.6 Å². The number of H-pyrrole nitrogens is 2. The zero-order valence-corrected chi connectivity index (χ0v) is 17.3. The van der Waals surface area contributed by atoms with Gasteiger partial charge >= 0.3 is 0 Å². The Morgan fingerprint density at radius 2 is 1.30 bits per heavy atom. The first-order valence-electron chi connectivity index (χ1n) is 10.8. The van der Waals surface area contributed by atoms with E-state index in [9.17, 15) is 0 Å². The second-order valence-corrected chi connectivity index (χ2v) is 7.97. The molecule has 8 bridgehead atoms. The Morgan fingerprint density at radius 3 is 2.03 bits per heavy atom. The highest BCUT2D eigenvalue weighted by atomic mass is 14.8. The van der Waals surface area contributed by atoms with Crippen LogP contribution in [0.5, 0.6) is 0 Å². The molecule has 0 amide bonds. The quantitative estimate of drug-likeness (QED) is 0.323. The Labute approximate surface area is 176 Å². The van der Waals surface area contributed by atoms with Crippen LogP contribution in [0.1, 0.15) is 60.9 Å². The normalized spacial score (nSPS) is 12.6. The molecule has 3 aromatic rings. The van der Waals surface area contributed by atoms with Crippen molar-refractivity contribution in [3.05, 3.63) is 70.8 Å². The van der Waals surface area contributed by atoms with E-state index in [1.165, 1.54) is 31.2 Å². The molecule has 0 aliphatic carbocycles. The lowest BCUT2D eigenvalue weighted by molar-refractivity contribution is 0.667. The zero-order chi connectivity index (χ0) is 20.3. The van der Waals surface area contributed by atoms with Crippen molar-refractivity contribution in [2.45, 2.75) is 39.0 Å². The van der Waals surface area contributed by atoms with Crippen LogP contribution in [-0.4, -0.2) is 19.9 Å². The maximum absolute atomic E-state index is 4.93. The number of unbranched alkanes of at least 4 members (excludes halogenated alkanes) is 3. The van der Waals surface area contributed by atoms with Crippen LogP contribution in [0.25, 0.3) is 46.4 Å². The van der Waals surface area contributed by atoms with Gasteiger partial charge in [0.1, 0.15) is 0 Å². The Bertz CT molecular complexity index is 1290. The number of aromatic amines is 2. The summed E-state index contributed by atoms with van der Waals surface area (Å²) >= 11 is 0. The first-order valence-corrected chi connectivity index (χ1v) is 10.8. The highest BCUT2D eigenvalue weighted by molar-refractivity contribution is 5.79. The van der Waals surface area contributed by atoms with Crippen LogP contribution in [0.15, 0.2) is 42.5 Å². The summed E-state index contributed by atoms with van der Waals surface area (Å²) in [4.78, 5) is 16.7. The Kier molecular flexibility index (Phi) is 5.06. The highest BCUT2D eigenvalue weighted by Crippen LogP contribution is 2.23. The second-order valence-electron chi connectivity index (χ2n) is 7.97. The van der Waals surface area contributed by atoms with Gasteiger partial charge in [0.2, 0.25) is 0 Å². The lowest BCUT2D eigenvalue weighted by atomic mass is 10.0. The van der Waals surface area contributed by atoms with E-state index in [-0.39, 0.29) is 0 Å². The standard InChI is InChI=1S/C26H26N4/c1-2-3-4-5-6-24-25-13-11-22(29-25)16-20-9-7-18(27-20)15-19-8-10-21(28-19)17-23-12-14-26(24)30-23/h7-17,27,30H,2-6H2,1H3. The predicted octanol–water partition coefficient (Wildman–Crippen LogP) is 6.78. The molecule has 0 aromatic carbocycles. The zero-order valence-electron chi connectivity index (χ0n) is 17.3. The molecule has 0 saturated carbocycles. The third-order valence-electron chi connectivity index (χ3n) is 5.61. The Morgan fingerprint density at radius 1 is 0.667 bits per heavy atom. The molecule has 5 heterocycles. The van der Waals surface area contributed by atoms with Crippen LogP contribution in [-0.2, 0) is 6.42 Å². The summed E-state index contributed by atoms with van der Waals surface area (Å²) in [6, 6.07) is 14.7. The Balaban J connectivity index is 1.72. The molecule has 3 aromatic heterocycles. The fourth-order valence-corrected chi connectivity index (χ4v) is 4.06. The number of rotatable bonds is 5. The predicted molar refractivity (Wildman–Crippen MR) is 127 cm³/mol. The number of fused-ring (bicyclic) bond motifs is 8. The van der Waals surface area contributed by atoms with Crippen molar-refractivity contribution in [1.29, 1.82) is 0 Å². The van der Waals surface area contributed by atoms with Gasteiger partial charge in [0.15, 0.2) is 0 Å². The van der Waals surface area contributed by atoms with Crippen LogP contribution < -0.4 is 0 Å². The summed E-state index contributed by atoms with van der Waals surface area (Å²) in [5.41, 5.74) is 9.52. The molecule has 4 nitrogen and oxygen atoms in total. The van der Waals surface area contributed by atoms with Crippen molar-refractivity contribution in [1.82, 2.24) is 19.9 Å². The van der Waals surface area contributed by atoms with Crippen LogP contribution in [0, 0.1) is 0 Å². The van der Waals surface area contributed by atoms with E-state index < -0.39 is 0 Å². The maximum atomic E-state index is 4.93. The minimum atomic E-state index is 0.949. The number of aromatic nitrogens is 4. The van der Waals surface area contributed by atoms with Crippen LogP contribution >= 0.6 is 0 Å². The minimum absolute atomic E-state index is 0.949. The summed E-state index contributed by atoms with van der Waals surface area (Å²) in [7, 11) is 0. The van der Waals surface area contributed by atoms with E-state index >= 15 is 0 Å². The van der Waals surface area contributed by atoms with E-state index in [1.54, 1.807) is 0 Å². The molecule has 2 aliphatic rings. The maximum Gasteiger partial charge on any atom is 0.0690 e. The molecular weight excluding hydrogens is 368 g/mol. The van der Waals surface area contributed by atoms with E-state index in [4.69, 9.17) is 9.97 Å². The lowest BCUT2D eigenvalue weighted by Crippen LogP contribution is -1.91. The van der Waals surface area contributed by atoms with Gasteiger partial charge in [-0.2, -0.15) is 0 Å². The molecule has 0 fully saturated rings. The molecule has 2 N–H and O–H groups in total. The van der Waals surface area contributed by atoms with Crippen molar-refractivity contribution >= 4 is 46.4 Å². The van der Waals surface area contributed by atoms with Gasteiger partial charge in [-0.25, -0.2) is 9.97 Å². The first kappa shape index (κ1) is 18.6. The molecule has 0 spiro atoms. The fourth-order valence-electron chi connectivity index (χ4n) is 4.06. The van der Waals surface area contributed by atoms with Crippen molar-refractivity contribution < 1.29 is 0 Å². The van der Waals surface area contributed by atoms with Gasteiger partial charge in [-0.1, -0.05) is 26.2 Å². The summed E-state index contributed by atoms with van der Waals surface area (Å²) < 4.78 is 0. The van der Waals surface area contributed by atoms with Crippen molar-refractivity contribution in [2.75, 3.05) is 0 Å². The van der Waals surface area contributed by atoms with Gasteiger partial charge in [-0.3, -0.25) is 0 Å². The molecular formula is C26H26N4. The topological polar surface area (TPSA) is 57.4 Å².